The maximum absolute atomic E-state index is 13.3. The van der Waals surface area contributed by atoms with Crippen LogP contribution in [0.4, 0.5) is 4.39 Å². The number of halogens is 1. The van der Waals surface area contributed by atoms with Gasteiger partial charge < -0.3 is 0 Å². The molecule has 4 aromatic rings. The largest absolute Gasteiger partial charge is 0.278 e. The first-order valence-corrected chi connectivity index (χ1v) is 9.11. The predicted molar refractivity (Wildman–Crippen MR) is 102 cm³/mol. The number of hydrogen-bond donors (Lipinski definition) is 1. The molecule has 1 fully saturated rings. The highest BCUT2D eigenvalue weighted by Gasteiger charge is 2.39. The fourth-order valence-corrected chi connectivity index (χ4v) is 3.81. The van der Waals surface area contributed by atoms with Crippen LogP contribution in [0, 0.1) is 12.2 Å². The van der Waals surface area contributed by atoms with Gasteiger partial charge in [-0.15, -0.1) is 0 Å². The summed E-state index contributed by atoms with van der Waals surface area (Å²) < 4.78 is 13.3. The lowest BCUT2D eigenvalue weighted by Gasteiger charge is -2.42. The first kappa shape index (κ1) is 16.1. The molecule has 1 aliphatic carbocycles. The molecule has 0 bridgehead atoms. The predicted octanol–water partition coefficient (Wildman–Crippen LogP) is 4.83. The third-order valence-corrected chi connectivity index (χ3v) is 5.51. The van der Waals surface area contributed by atoms with E-state index in [4.69, 9.17) is 0 Å². The third kappa shape index (κ3) is 2.89. The number of benzene rings is 2. The van der Waals surface area contributed by atoms with E-state index >= 15 is 0 Å². The summed E-state index contributed by atoms with van der Waals surface area (Å²) in [5, 5.41) is 16.9. The zero-order valence-electron chi connectivity index (χ0n) is 14.7. The van der Waals surface area contributed by atoms with Gasteiger partial charge >= 0.3 is 0 Å². The number of aromatic nitrogens is 4. The van der Waals surface area contributed by atoms with Crippen LogP contribution < -0.4 is 0 Å². The Morgan fingerprint density at radius 3 is 2.52 bits per heavy atom. The molecule has 5 rings (SSSR count). The zero-order chi connectivity index (χ0) is 18.3. The molecule has 2 aromatic carbocycles. The Morgan fingerprint density at radius 1 is 0.963 bits per heavy atom. The molecule has 0 aliphatic heterocycles. The van der Waals surface area contributed by atoms with Crippen LogP contribution in [0.15, 0.2) is 60.8 Å². The van der Waals surface area contributed by atoms with Gasteiger partial charge in [0.2, 0.25) is 0 Å². The van der Waals surface area contributed by atoms with E-state index in [9.17, 15) is 4.39 Å². The highest BCUT2D eigenvalue weighted by molar-refractivity contribution is 5.83. The van der Waals surface area contributed by atoms with Crippen molar-refractivity contribution in [3.63, 3.8) is 0 Å². The average Bonchev–Trinajstić information content (AvgIpc) is 3.14. The molecular weight excluding hydrogens is 339 g/mol. The van der Waals surface area contributed by atoms with Gasteiger partial charge in [-0.3, -0.25) is 5.10 Å². The van der Waals surface area contributed by atoms with Gasteiger partial charge in [-0.25, -0.2) is 4.39 Å². The molecule has 2 aromatic heterocycles. The summed E-state index contributed by atoms with van der Waals surface area (Å²) >= 11 is 0. The molecule has 1 aliphatic rings. The summed E-state index contributed by atoms with van der Waals surface area (Å²) in [6.45, 7) is 0. The van der Waals surface area contributed by atoms with E-state index in [-0.39, 0.29) is 11.2 Å². The van der Waals surface area contributed by atoms with Gasteiger partial charge in [-0.05, 0) is 54.8 Å². The van der Waals surface area contributed by atoms with E-state index in [1.165, 1.54) is 18.6 Å². The summed E-state index contributed by atoms with van der Waals surface area (Å²) in [5.74, 6) is -0.202. The maximum Gasteiger partial charge on any atom is 0.123 e. The van der Waals surface area contributed by atoms with Gasteiger partial charge in [-0.2, -0.15) is 15.3 Å². The van der Waals surface area contributed by atoms with Gasteiger partial charge in [0.1, 0.15) is 5.82 Å². The number of H-pyrrole nitrogens is 1. The molecule has 0 unspecified atom stereocenters. The minimum atomic E-state index is -0.202. The van der Waals surface area contributed by atoms with E-state index in [1.54, 1.807) is 6.20 Å². The van der Waals surface area contributed by atoms with Crippen LogP contribution in [-0.2, 0) is 5.41 Å². The lowest BCUT2D eigenvalue weighted by molar-refractivity contribution is 0.292. The summed E-state index contributed by atoms with van der Waals surface area (Å²) in [5.41, 5.74) is 4.79. The van der Waals surface area contributed by atoms with Gasteiger partial charge in [0.05, 0.1) is 23.1 Å². The van der Waals surface area contributed by atoms with Crippen molar-refractivity contribution in [1.29, 1.82) is 0 Å². The van der Waals surface area contributed by atoms with Gasteiger partial charge in [0.25, 0.3) is 0 Å². The van der Waals surface area contributed by atoms with Crippen LogP contribution in [-0.4, -0.2) is 20.4 Å². The number of rotatable bonds is 4. The second kappa shape index (κ2) is 6.27. The molecule has 0 saturated heterocycles. The lowest BCUT2D eigenvalue weighted by atomic mass is 9.62. The van der Waals surface area contributed by atoms with E-state index in [0.717, 1.165) is 46.3 Å². The van der Waals surface area contributed by atoms with E-state index < -0.39 is 0 Å². The SMILES string of the molecule is Fc1ccc(C2([CH]c3ccc(-c4ccc5[nH]ncc5c4)nn3)CCC2)cc1. The number of hydrogen-bond acceptors (Lipinski definition) is 3. The van der Waals surface area contributed by atoms with Crippen LogP contribution in [0.3, 0.4) is 0 Å². The van der Waals surface area contributed by atoms with Gasteiger partial charge in [-0.1, -0.05) is 24.6 Å². The van der Waals surface area contributed by atoms with Crippen LogP contribution in [0.1, 0.15) is 30.5 Å². The maximum atomic E-state index is 13.3. The fourth-order valence-electron chi connectivity index (χ4n) is 3.81. The highest BCUT2D eigenvalue weighted by Crippen LogP contribution is 2.47. The lowest BCUT2D eigenvalue weighted by Crippen LogP contribution is -2.35. The molecular formula is C22H18FN4. The monoisotopic (exact) mass is 357 g/mol. The smallest absolute Gasteiger partial charge is 0.123 e. The van der Waals surface area contributed by atoms with E-state index in [0.29, 0.717) is 0 Å². The first-order chi connectivity index (χ1) is 13.2. The Bertz CT molecular complexity index is 1080. The van der Waals surface area contributed by atoms with Crippen molar-refractivity contribution < 1.29 is 4.39 Å². The van der Waals surface area contributed by atoms with Crippen molar-refractivity contribution in [3.8, 4) is 11.3 Å². The molecule has 133 valence electrons. The van der Waals surface area contributed by atoms with Crippen molar-refractivity contribution >= 4 is 10.9 Å². The van der Waals surface area contributed by atoms with Gasteiger partial charge in [0.15, 0.2) is 0 Å². The Labute approximate surface area is 156 Å². The van der Waals surface area contributed by atoms with Crippen molar-refractivity contribution in [1.82, 2.24) is 20.4 Å². The molecule has 1 radical (unpaired) electrons. The minimum absolute atomic E-state index is 0.0560. The number of aromatic amines is 1. The molecule has 0 amide bonds. The first-order valence-electron chi connectivity index (χ1n) is 9.11. The average molecular weight is 357 g/mol. The van der Waals surface area contributed by atoms with Crippen LogP contribution >= 0.6 is 0 Å². The number of fused-ring (bicyclic) bond motifs is 1. The summed E-state index contributed by atoms with van der Waals surface area (Å²) in [6.07, 6.45) is 7.26. The minimum Gasteiger partial charge on any atom is -0.278 e. The Hall–Kier alpha value is -3.08. The Kier molecular flexibility index (Phi) is 3.74. The molecule has 1 N–H and O–H groups in total. The van der Waals surface area contributed by atoms with E-state index in [2.05, 4.69) is 32.9 Å². The summed E-state index contributed by atoms with van der Waals surface area (Å²) in [7, 11) is 0. The molecule has 0 spiro atoms. The highest BCUT2D eigenvalue weighted by atomic mass is 19.1. The van der Waals surface area contributed by atoms with Crippen molar-refractivity contribution in [2.24, 2.45) is 0 Å². The normalized spacial score (nSPS) is 15.6. The topological polar surface area (TPSA) is 54.5 Å². The number of nitrogens with zero attached hydrogens (tertiary/aromatic N) is 3. The fraction of sp³-hybridized carbons (Fsp3) is 0.182. The molecule has 0 atom stereocenters. The van der Waals surface area contributed by atoms with Crippen LogP contribution in [0.25, 0.3) is 22.2 Å². The second-order valence-electron chi connectivity index (χ2n) is 7.18. The zero-order valence-corrected chi connectivity index (χ0v) is 14.7. The Morgan fingerprint density at radius 2 is 1.81 bits per heavy atom. The molecule has 27 heavy (non-hydrogen) atoms. The summed E-state index contributed by atoms with van der Waals surface area (Å²) in [4.78, 5) is 0. The quantitative estimate of drug-likeness (QED) is 0.569. The van der Waals surface area contributed by atoms with Crippen molar-refractivity contribution in [2.45, 2.75) is 24.7 Å². The van der Waals surface area contributed by atoms with Crippen molar-refractivity contribution in [2.75, 3.05) is 0 Å². The van der Waals surface area contributed by atoms with Gasteiger partial charge in [0, 0.05) is 22.8 Å². The second-order valence-corrected chi connectivity index (χ2v) is 7.18. The number of nitrogens with one attached hydrogen (secondary N) is 1. The standard InChI is InChI=1S/C22H18FN4/c23-18-5-3-17(4-6-18)22(10-1-11-22)13-19-7-9-20(27-25-19)15-2-8-21-16(12-15)14-24-26-21/h2-9,12-14H,1,10-11H2,(H,24,26). The molecule has 2 heterocycles. The van der Waals surface area contributed by atoms with Crippen molar-refractivity contribution in [3.05, 3.63) is 84.3 Å². The Balaban J connectivity index is 1.40. The molecule has 5 heteroatoms. The third-order valence-electron chi connectivity index (χ3n) is 5.51. The summed E-state index contributed by atoms with van der Waals surface area (Å²) in [6, 6.07) is 16.9. The molecule has 4 nitrogen and oxygen atoms in total. The van der Waals surface area contributed by atoms with Crippen LogP contribution in [0.5, 0.6) is 0 Å². The van der Waals surface area contributed by atoms with E-state index in [1.807, 2.05) is 36.4 Å². The molecule has 1 saturated carbocycles. The van der Waals surface area contributed by atoms with Crippen LogP contribution in [0.2, 0.25) is 0 Å².